The molecule has 1 aromatic heterocycles. The van der Waals surface area contributed by atoms with Gasteiger partial charge in [0, 0.05) is 18.9 Å². The zero-order valence-electron chi connectivity index (χ0n) is 13.7. The summed E-state index contributed by atoms with van der Waals surface area (Å²) in [6.45, 7) is 1.47. The molecule has 0 aliphatic heterocycles. The van der Waals surface area contributed by atoms with E-state index in [1.807, 2.05) is 36.4 Å². The molecule has 1 aliphatic carbocycles. The molecule has 2 amide bonds. The van der Waals surface area contributed by atoms with E-state index in [0.717, 1.165) is 36.1 Å². The molecule has 1 aromatic carbocycles. The first kappa shape index (κ1) is 16.3. The highest BCUT2D eigenvalue weighted by molar-refractivity contribution is 5.79. The van der Waals surface area contributed by atoms with Gasteiger partial charge in [0.1, 0.15) is 5.76 Å². The molecule has 0 bridgehead atoms. The molecule has 2 N–H and O–H groups in total. The lowest BCUT2D eigenvalue weighted by atomic mass is 9.93. The van der Waals surface area contributed by atoms with Crippen LogP contribution in [0, 0.1) is 0 Å². The highest BCUT2D eigenvalue weighted by atomic mass is 16.3. The molecule has 0 radical (unpaired) electrons. The van der Waals surface area contributed by atoms with E-state index in [1.165, 1.54) is 6.92 Å². The van der Waals surface area contributed by atoms with Gasteiger partial charge in [0.05, 0.1) is 24.8 Å². The first-order valence-corrected chi connectivity index (χ1v) is 8.31. The van der Waals surface area contributed by atoms with Crippen LogP contribution in [0.15, 0.2) is 47.1 Å². The quantitative estimate of drug-likeness (QED) is 0.887. The Morgan fingerprint density at radius 1 is 1.25 bits per heavy atom. The van der Waals surface area contributed by atoms with Crippen molar-refractivity contribution in [2.75, 3.05) is 0 Å². The molecular formula is C19H22N2O3. The maximum atomic E-state index is 12.5. The molecule has 1 heterocycles. The van der Waals surface area contributed by atoms with Crippen LogP contribution < -0.4 is 10.6 Å². The summed E-state index contributed by atoms with van der Waals surface area (Å²) in [5.74, 6) is 0.746. The van der Waals surface area contributed by atoms with Gasteiger partial charge in [-0.2, -0.15) is 0 Å². The number of hydrogen-bond donors (Lipinski definition) is 2. The minimum Gasteiger partial charge on any atom is -0.469 e. The largest absolute Gasteiger partial charge is 0.469 e. The molecule has 3 rings (SSSR count). The van der Waals surface area contributed by atoms with E-state index in [1.54, 1.807) is 6.26 Å². The van der Waals surface area contributed by atoms with E-state index in [4.69, 9.17) is 4.42 Å². The number of rotatable bonds is 5. The first-order chi connectivity index (χ1) is 11.6. The van der Waals surface area contributed by atoms with E-state index in [-0.39, 0.29) is 30.3 Å². The van der Waals surface area contributed by atoms with Crippen LogP contribution >= 0.6 is 0 Å². The Hall–Kier alpha value is -2.56. The average molecular weight is 326 g/mol. The van der Waals surface area contributed by atoms with Crippen molar-refractivity contribution >= 4 is 11.8 Å². The molecule has 24 heavy (non-hydrogen) atoms. The molecule has 0 spiro atoms. The lowest BCUT2D eigenvalue weighted by molar-refractivity contribution is -0.123. The van der Waals surface area contributed by atoms with Gasteiger partial charge < -0.3 is 15.1 Å². The third kappa shape index (κ3) is 3.85. The molecule has 126 valence electrons. The smallest absolute Gasteiger partial charge is 0.222 e. The SMILES string of the molecule is CC(=O)NC(CC(=O)NC1CCCc2occc21)c1ccccc1. The number of amides is 2. The molecule has 1 aliphatic rings. The molecule has 2 atom stereocenters. The van der Waals surface area contributed by atoms with Crippen LogP contribution in [-0.4, -0.2) is 11.8 Å². The highest BCUT2D eigenvalue weighted by Gasteiger charge is 2.25. The van der Waals surface area contributed by atoms with E-state index >= 15 is 0 Å². The van der Waals surface area contributed by atoms with Crippen LogP contribution in [0.3, 0.4) is 0 Å². The second-order valence-corrected chi connectivity index (χ2v) is 6.18. The highest BCUT2D eigenvalue weighted by Crippen LogP contribution is 2.30. The number of nitrogens with one attached hydrogen (secondary N) is 2. The van der Waals surface area contributed by atoms with Crippen molar-refractivity contribution in [1.82, 2.24) is 10.6 Å². The Bertz CT molecular complexity index is 708. The van der Waals surface area contributed by atoms with Gasteiger partial charge in [0.2, 0.25) is 11.8 Å². The molecular weight excluding hydrogens is 304 g/mol. The van der Waals surface area contributed by atoms with Gasteiger partial charge >= 0.3 is 0 Å². The number of aryl methyl sites for hydroxylation is 1. The Kier molecular flexibility index (Phi) is 4.99. The summed E-state index contributed by atoms with van der Waals surface area (Å²) in [5.41, 5.74) is 2.00. The second kappa shape index (κ2) is 7.34. The summed E-state index contributed by atoms with van der Waals surface area (Å²) in [6.07, 6.45) is 4.73. The molecule has 5 nitrogen and oxygen atoms in total. The number of carbonyl (C=O) groups is 2. The van der Waals surface area contributed by atoms with E-state index in [2.05, 4.69) is 10.6 Å². The van der Waals surface area contributed by atoms with E-state index in [0.29, 0.717) is 0 Å². The summed E-state index contributed by atoms with van der Waals surface area (Å²) in [4.78, 5) is 24.0. The molecule has 0 saturated heterocycles. The maximum Gasteiger partial charge on any atom is 0.222 e. The Labute approximate surface area is 141 Å². The van der Waals surface area contributed by atoms with Crippen molar-refractivity contribution in [3.05, 3.63) is 59.5 Å². The van der Waals surface area contributed by atoms with Crippen molar-refractivity contribution in [3.63, 3.8) is 0 Å². The number of hydrogen-bond acceptors (Lipinski definition) is 3. The third-order valence-corrected chi connectivity index (χ3v) is 4.36. The van der Waals surface area contributed by atoms with Gasteiger partial charge in [-0.3, -0.25) is 9.59 Å². The van der Waals surface area contributed by atoms with Crippen LogP contribution in [-0.2, 0) is 16.0 Å². The number of carbonyl (C=O) groups excluding carboxylic acids is 2. The van der Waals surface area contributed by atoms with Gasteiger partial charge in [-0.05, 0) is 24.5 Å². The Balaban J connectivity index is 1.67. The van der Waals surface area contributed by atoms with Crippen LogP contribution in [0.4, 0.5) is 0 Å². The average Bonchev–Trinajstić information content (AvgIpc) is 3.04. The zero-order chi connectivity index (χ0) is 16.9. The maximum absolute atomic E-state index is 12.5. The summed E-state index contributed by atoms with van der Waals surface area (Å²) < 4.78 is 5.46. The van der Waals surface area contributed by atoms with Gasteiger partial charge in [-0.15, -0.1) is 0 Å². The van der Waals surface area contributed by atoms with Crippen molar-refractivity contribution in [2.45, 2.75) is 44.7 Å². The van der Waals surface area contributed by atoms with Crippen molar-refractivity contribution in [3.8, 4) is 0 Å². The molecule has 2 aromatic rings. The minimum atomic E-state index is -0.323. The Morgan fingerprint density at radius 3 is 2.79 bits per heavy atom. The summed E-state index contributed by atoms with van der Waals surface area (Å²) in [5, 5.41) is 5.94. The standard InChI is InChI=1S/C19H22N2O3/c1-13(22)20-17(14-6-3-2-4-7-14)12-19(23)21-16-8-5-9-18-15(16)10-11-24-18/h2-4,6-7,10-11,16-17H,5,8-9,12H2,1H3,(H,20,22)(H,21,23). The molecule has 0 fully saturated rings. The van der Waals surface area contributed by atoms with Crippen molar-refractivity contribution in [1.29, 1.82) is 0 Å². The fraction of sp³-hybridized carbons (Fsp3) is 0.368. The normalized spacial score (nSPS) is 17.6. The first-order valence-electron chi connectivity index (χ1n) is 8.31. The lowest BCUT2D eigenvalue weighted by Gasteiger charge is -2.24. The fourth-order valence-corrected chi connectivity index (χ4v) is 3.26. The zero-order valence-corrected chi connectivity index (χ0v) is 13.7. The van der Waals surface area contributed by atoms with Gasteiger partial charge in [-0.25, -0.2) is 0 Å². The van der Waals surface area contributed by atoms with Crippen LogP contribution in [0.2, 0.25) is 0 Å². The van der Waals surface area contributed by atoms with Crippen molar-refractivity contribution in [2.24, 2.45) is 0 Å². The Morgan fingerprint density at radius 2 is 2.04 bits per heavy atom. The van der Waals surface area contributed by atoms with Crippen molar-refractivity contribution < 1.29 is 14.0 Å². The lowest BCUT2D eigenvalue weighted by Crippen LogP contribution is -2.35. The van der Waals surface area contributed by atoms with Crippen LogP contribution in [0.5, 0.6) is 0 Å². The second-order valence-electron chi connectivity index (χ2n) is 6.18. The van der Waals surface area contributed by atoms with Crippen LogP contribution in [0.1, 0.15) is 55.2 Å². The van der Waals surface area contributed by atoms with E-state index < -0.39 is 0 Å². The monoisotopic (exact) mass is 326 g/mol. The predicted octanol–water partition coefficient (Wildman–Crippen LogP) is 3.04. The number of furan rings is 1. The summed E-state index contributed by atoms with van der Waals surface area (Å²) in [7, 11) is 0. The van der Waals surface area contributed by atoms with Gasteiger partial charge in [0.15, 0.2) is 0 Å². The number of fused-ring (bicyclic) bond motifs is 1. The fourth-order valence-electron chi connectivity index (χ4n) is 3.26. The third-order valence-electron chi connectivity index (χ3n) is 4.36. The molecule has 5 heteroatoms. The topological polar surface area (TPSA) is 71.3 Å². The summed E-state index contributed by atoms with van der Waals surface area (Å²) in [6, 6.07) is 11.2. The van der Waals surface area contributed by atoms with Gasteiger partial charge in [-0.1, -0.05) is 30.3 Å². The van der Waals surface area contributed by atoms with Crippen LogP contribution in [0.25, 0.3) is 0 Å². The van der Waals surface area contributed by atoms with Gasteiger partial charge in [0.25, 0.3) is 0 Å². The summed E-state index contributed by atoms with van der Waals surface area (Å²) >= 11 is 0. The predicted molar refractivity (Wildman–Crippen MR) is 90.1 cm³/mol. The minimum absolute atomic E-state index is 0.00579. The molecule has 0 saturated carbocycles. The van der Waals surface area contributed by atoms with E-state index in [9.17, 15) is 9.59 Å². The number of benzene rings is 1. The molecule has 2 unspecified atom stereocenters.